The van der Waals surface area contributed by atoms with Crippen molar-refractivity contribution in [2.45, 2.75) is 19.8 Å². The number of anilines is 1. The van der Waals surface area contributed by atoms with Crippen molar-refractivity contribution in [3.05, 3.63) is 60.4 Å². The van der Waals surface area contributed by atoms with Crippen LogP contribution in [0.3, 0.4) is 0 Å². The largest absolute Gasteiger partial charge is 0.466 e. The van der Waals surface area contributed by atoms with E-state index in [4.69, 9.17) is 9.72 Å². The van der Waals surface area contributed by atoms with Crippen molar-refractivity contribution in [2.24, 2.45) is 5.92 Å². The molecule has 4 nitrogen and oxygen atoms in total. The number of esters is 1. The smallest absolute Gasteiger partial charge is 0.309 e. The number of pyridine rings is 1. The Balaban J connectivity index is 1.60. The number of halogens is 1. The van der Waals surface area contributed by atoms with Crippen LogP contribution in [0.1, 0.15) is 19.8 Å². The summed E-state index contributed by atoms with van der Waals surface area (Å²) in [6, 6.07) is 16.6. The number of piperidine rings is 1. The zero-order valence-corrected chi connectivity index (χ0v) is 15.9. The summed E-state index contributed by atoms with van der Waals surface area (Å²) in [5, 5.41) is 1.05. The molecule has 3 aromatic rings. The third kappa shape index (κ3) is 3.70. The first kappa shape index (κ1) is 18.4. The maximum Gasteiger partial charge on any atom is 0.309 e. The highest BCUT2D eigenvalue weighted by molar-refractivity contribution is 5.94. The second kappa shape index (κ2) is 7.97. The molecule has 1 aromatic heterocycles. The highest BCUT2D eigenvalue weighted by atomic mass is 19.1. The van der Waals surface area contributed by atoms with Crippen LogP contribution in [0.4, 0.5) is 10.2 Å². The standard InChI is InChI=1S/C23H23FN2O2/c1-2-28-23(27)18-12-14-26(15-13-18)21-11-8-17-4-3-5-20(22(17)25-21)16-6-9-19(24)10-7-16/h3-11,18H,2,12-15H2,1H3. The van der Waals surface area contributed by atoms with E-state index >= 15 is 0 Å². The van der Waals surface area contributed by atoms with Crippen molar-refractivity contribution in [3.8, 4) is 11.1 Å². The molecule has 0 radical (unpaired) electrons. The maximum absolute atomic E-state index is 13.3. The van der Waals surface area contributed by atoms with E-state index in [0.29, 0.717) is 6.61 Å². The molecule has 0 amide bonds. The molecule has 1 fully saturated rings. The van der Waals surface area contributed by atoms with Gasteiger partial charge in [-0.2, -0.15) is 0 Å². The Bertz CT molecular complexity index is 980. The minimum Gasteiger partial charge on any atom is -0.466 e. The fraction of sp³-hybridized carbons (Fsp3) is 0.304. The molecular formula is C23H23FN2O2. The Kier molecular flexibility index (Phi) is 5.24. The van der Waals surface area contributed by atoms with Crippen molar-refractivity contribution in [2.75, 3.05) is 24.6 Å². The molecule has 0 bridgehead atoms. The van der Waals surface area contributed by atoms with Crippen molar-refractivity contribution in [3.63, 3.8) is 0 Å². The Morgan fingerprint density at radius 1 is 1.11 bits per heavy atom. The lowest BCUT2D eigenvalue weighted by Gasteiger charge is -2.31. The quantitative estimate of drug-likeness (QED) is 0.611. The number of para-hydroxylation sites is 1. The van der Waals surface area contributed by atoms with Gasteiger partial charge in [0, 0.05) is 24.0 Å². The summed E-state index contributed by atoms with van der Waals surface area (Å²) in [4.78, 5) is 19.1. The Morgan fingerprint density at radius 3 is 2.57 bits per heavy atom. The second-order valence-corrected chi connectivity index (χ2v) is 7.07. The predicted octanol–water partition coefficient (Wildman–Crippen LogP) is 4.82. The summed E-state index contributed by atoms with van der Waals surface area (Å²) in [5.74, 6) is 0.546. The van der Waals surface area contributed by atoms with Gasteiger partial charge >= 0.3 is 5.97 Å². The van der Waals surface area contributed by atoms with E-state index in [1.54, 1.807) is 12.1 Å². The van der Waals surface area contributed by atoms with E-state index in [2.05, 4.69) is 11.0 Å². The molecule has 2 heterocycles. The van der Waals surface area contributed by atoms with E-state index in [1.807, 2.05) is 31.2 Å². The number of aromatic nitrogens is 1. The number of carbonyl (C=O) groups excluding carboxylic acids is 1. The van der Waals surface area contributed by atoms with Gasteiger partial charge in [-0.25, -0.2) is 9.37 Å². The number of fused-ring (bicyclic) bond motifs is 1. The van der Waals surface area contributed by atoms with Crippen LogP contribution >= 0.6 is 0 Å². The van der Waals surface area contributed by atoms with Crippen LogP contribution in [0.25, 0.3) is 22.0 Å². The summed E-state index contributed by atoms with van der Waals surface area (Å²) in [7, 11) is 0. The molecule has 0 saturated carbocycles. The van der Waals surface area contributed by atoms with Gasteiger partial charge in [0.15, 0.2) is 0 Å². The van der Waals surface area contributed by atoms with Crippen LogP contribution in [0.5, 0.6) is 0 Å². The molecule has 4 rings (SSSR count). The maximum atomic E-state index is 13.3. The number of hydrogen-bond donors (Lipinski definition) is 0. The fourth-order valence-electron chi connectivity index (χ4n) is 3.78. The van der Waals surface area contributed by atoms with Crippen molar-refractivity contribution in [1.29, 1.82) is 0 Å². The Morgan fingerprint density at radius 2 is 1.86 bits per heavy atom. The summed E-state index contributed by atoms with van der Waals surface area (Å²) in [5.41, 5.74) is 2.83. The average molecular weight is 378 g/mol. The predicted molar refractivity (Wildman–Crippen MR) is 109 cm³/mol. The summed E-state index contributed by atoms with van der Waals surface area (Å²) < 4.78 is 18.5. The van der Waals surface area contributed by atoms with E-state index in [-0.39, 0.29) is 17.7 Å². The lowest BCUT2D eigenvalue weighted by atomic mass is 9.97. The molecule has 0 N–H and O–H groups in total. The molecular weight excluding hydrogens is 355 g/mol. The zero-order valence-electron chi connectivity index (χ0n) is 15.9. The van der Waals surface area contributed by atoms with Gasteiger partial charge in [0.2, 0.25) is 0 Å². The number of nitrogens with zero attached hydrogens (tertiary/aromatic N) is 2. The van der Waals surface area contributed by atoms with Gasteiger partial charge in [-0.1, -0.05) is 30.3 Å². The number of benzene rings is 2. The highest BCUT2D eigenvalue weighted by Gasteiger charge is 2.26. The van der Waals surface area contributed by atoms with Crippen molar-refractivity contribution in [1.82, 2.24) is 4.98 Å². The molecule has 0 aliphatic carbocycles. The molecule has 2 aromatic carbocycles. The van der Waals surface area contributed by atoms with E-state index in [0.717, 1.165) is 53.8 Å². The lowest BCUT2D eigenvalue weighted by Crippen LogP contribution is -2.37. The van der Waals surface area contributed by atoms with Crippen LogP contribution in [-0.2, 0) is 9.53 Å². The van der Waals surface area contributed by atoms with Gasteiger partial charge in [0.05, 0.1) is 18.0 Å². The third-order valence-corrected chi connectivity index (χ3v) is 5.30. The molecule has 1 aliphatic heterocycles. The van der Waals surface area contributed by atoms with Crippen LogP contribution < -0.4 is 4.90 Å². The topological polar surface area (TPSA) is 42.4 Å². The van der Waals surface area contributed by atoms with Crippen LogP contribution in [-0.4, -0.2) is 30.6 Å². The first-order chi connectivity index (χ1) is 13.7. The van der Waals surface area contributed by atoms with Crippen molar-refractivity contribution < 1.29 is 13.9 Å². The van der Waals surface area contributed by atoms with Gasteiger partial charge < -0.3 is 9.64 Å². The number of carbonyl (C=O) groups is 1. The highest BCUT2D eigenvalue weighted by Crippen LogP contribution is 2.30. The first-order valence-corrected chi connectivity index (χ1v) is 9.73. The number of hydrogen-bond acceptors (Lipinski definition) is 4. The van der Waals surface area contributed by atoms with Crippen LogP contribution in [0.15, 0.2) is 54.6 Å². The number of rotatable bonds is 4. The summed E-state index contributed by atoms with van der Waals surface area (Å²) >= 11 is 0. The molecule has 1 aliphatic rings. The molecule has 28 heavy (non-hydrogen) atoms. The molecule has 0 spiro atoms. The summed E-state index contributed by atoms with van der Waals surface area (Å²) in [6.45, 7) is 3.82. The van der Waals surface area contributed by atoms with E-state index in [1.165, 1.54) is 12.1 Å². The molecule has 0 unspecified atom stereocenters. The van der Waals surface area contributed by atoms with Gasteiger partial charge in [-0.05, 0) is 49.6 Å². The lowest BCUT2D eigenvalue weighted by molar-refractivity contribution is -0.148. The molecule has 5 heteroatoms. The van der Waals surface area contributed by atoms with Crippen molar-refractivity contribution >= 4 is 22.7 Å². The van der Waals surface area contributed by atoms with Gasteiger partial charge in [0.1, 0.15) is 11.6 Å². The average Bonchev–Trinajstić information content (AvgIpc) is 2.74. The molecule has 144 valence electrons. The minimum atomic E-state index is -0.248. The monoisotopic (exact) mass is 378 g/mol. The second-order valence-electron chi connectivity index (χ2n) is 7.07. The summed E-state index contributed by atoms with van der Waals surface area (Å²) in [6.07, 6.45) is 1.55. The van der Waals surface area contributed by atoms with E-state index in [9.17, 15) is 9.18 Å². The van der Waals surface area contributed by atoms with Crippen LogP contribution in [0.2, 0.25) is 0 Å². The zero-order chi connectivity index (χ0) is 19.5. The van der Waals surface area contributed by atoms with Gasteiger partial charge in [0.25, 0.3) is 0 Å². The minimum absolute atomic E-state index is 0.0218. The SMILES string of the molecule is CCOC(=O)C1CCN(c2ccc3cccc(-c4ccc(F)cc4)c3n2)CC1. The molecule has 1 saturated heterocycles. The van der Waals surface area contributed by atoms with E-state index < -0.39 is 0 Å². The first-order valence-electron chi connectivity index (χ1n) is 9.73. The van der Waals surface area contributed by atoms with Gasteiger partial charge in [-0.3, -0.25) is 4.79 Å². The number of ether oxygens (including phenoxy) is 1. The van der Waals surface area contributed by atoms with Crippen LogP contribution in [0, 0.1) is 11.7 Å². The van der Waals surface area contributed by atoms with Gasteiger partial charge in [-0.15, -0.1) is 0 Å². The fourth-order valence-corrected chi connectivity index (χ4v) is 3.78. The normalized spacial score (nSPS) is 15.0. The third-order valence-electron chi connectivity index (χ3n) is 5.30. The Labute approximate surface area is 164 Å². The molecule has 0 atom stereocenters. The Hall–Kier alpha value is -2.95.